The molecule has 2 rings (SSSR count). The summed E-state index contributed by atoms with van der Waals surface area (Å²) in [6.45, 7) is 4.62. The van der Waals surface area contributed by atoms with Crippen molar-refractivity contribution in [3.05, 3.63) is 58.9 Å². The molecule has 0 saturated carbocycles. The number of benzene rings is 1. The second kappa shape index (κ2) is 5.33. The van der Waals surface area contributed by atoms with Gasteiger partial charge in [-0.2, -0.15) is 5.26 Å². The summed E-state index contributed by atoms with van der Waals surface area (Å²) in [5.41, 5.74) is 4.74. The summed E-state index contributed by atoms with van der Waals surface area (Å²) >= 11 is 0. The maximum Gasteiger partial charge on any atom is 0.101 e. The van der Waals surface area contributed by atoms with Crippen LogP contribution in [0.2, 0.25) is 0 Å². The van der Waals surface area contributed by atoms with E-state index in [4.69, 9.17) is 5.26 Å². The molecule has 0 aliphatic carbocycles. The number of aromatic nitrogens is 1. The predicted molar refractivity (Wildman–Crippen MR) is 72.2 cm³/mol. The third-order valence-corrected chi connectivity index (χ3v) is 2.75. The first-order valence-electron chi connectivity index (χ1n) is 5.85. The topological polar surface area (TPSA) is 48.7 Å². The Balaban J connectivity index is 2.11. The second-order valence-electron chi connectivity index (χ2n) is 4.32. The third-order valence-electron chi connectivity index (χ3n) is 2.75. The Bertz CT molecular complexity index is 580. The van der Waals surface area contributed by atoms with E-state index in [1.165, 1.54) is 0 Å². The molecule has 0 spiro atoms. The van der Waals surface area contributed by atoms with Crippen LogP contribution in [-0.2, 0) is 6.54 Å². The van der Waals surface area contributed by atoms with E-state index in [1.807, 2.05) is 50.4 Å². The highest BCUT2D eigenvalue weighted by atomic mass is 14.9. The molecule has 0 fully saturated rings. The molecule has 90 valence electrons. The molecule has 0 bridgehead atoms. The molecule has 3 nitrogen and oxygen atoms in total. The van der Waals surface area contributed by atoms with Gasteiger partial charge in [0.05, 0.1) is 11.3 Å². The molecular weight excluding hydrogens is 222 g/mol. The van der Waals surface area contributed by atoms with Crippen molar-refractivity contribution < 1.29 is 0 Å². The molecule has 18 heavy (non-hydrogen) atoms. The molecule has 0 aliphatic rings. The molecule has 3 heteroatoms. The van der Waals surface area contributed by atoms with Crippen LogP contribution in [-0.4, -0.2) is 4.98 Å². The lowest BCUT2D eigenvalue weighted by Gasteiger charge is -2.08. The van der Waals surface area contributed by atoms with Crippen molar-refractivity contribution in [2.75, 3.05) is 5.32 Å². The van der Waals surface area contributed by atoms with Gasteiger partial charge in [-0.15, -0.1) is 0 Å². The quantitative estimate of drug-likeness (QED) is 0.891. The molecule has 0 amide bonds. The number of pyridine rings is 1. The van der Waals surface area contributed by atoms with E-state index in [-0.39, 0.29) is 0 Å². The summed E-state index contributed by atoms with van der Waals surface area (Å²) in [5.74, 6) is 0. The van der Waals surface area contributed by atoms with Gasteiger partial charge in [0.15, 0.2) is 0 Å². The largest absolute Gasteiger partial charge is 0.380 e. The van der Waals surface area contributed by atoms with Crippen LogP contribution in [0, 0.1) is 25.2 Å². The highest BCUT2D eigenvalue weighted by molar-refractivity contribution is 5.58. The van der Waals surface area contributed by atoms with Crippen LogP contribution in [0.3, 0.4) is 0 Å². The monoisotopic (exact) mass is 237 g/mol. The van der Waals surface area contributed by atoms with Crippen molar-refractivity contribution in [3.63, 3.8) is 0 Å². The van der Waals surface area contributed by atoms with Crippen LogP contribution in [0.15, 0.2) is 36.5 Å². The normalized spacial score (nSPS) is 9.83. The number of hydrogen-bond acceptors (Lipinski definition) is 3. The molecule has 0 atom stereocenters. The molecule has 0 unspecified atom stereocenters. The number of nitrogens with one attached hydrogen (secondary N) is 1. The number of nitrogens with zero attached hydrogens (tertiary/aromatic N) is 2. The van der Waals surface area contributed by atoms with Crippen LogP contribution >= 0.6 is 0 Å². The molecular formula is C15H15N3. The first-order valence-corrected chi connectivity index (χ1v) is 5.85. The molecule has 0 radical (unpaired) electrons. The summed E-state index contributed by atoms with van der Waals surface area (Å²) in [6, 6.07) is 12.0. The Morgan fingerprint density at radius 2 is 2.06 bits per heavy atom. The Morgan fingerprint density at radius 3 is 2.72 bits per heavy atom. The molecule has 1 aromatic carbocycles. The fourth-order valence-electron chi connectivity index (χ4n) is 1.71. The van der Waals surface area contributed by atoms with Gasteiger partial charge in [0.25, 0.3) is 0 Å². The van der Waals surface area contributed by atoms with E-state index in [0.717, 1.165) is 22.5 Å². The molecule has 2 aromatic rings. The van der Waals surface area contributed by atoms with E-state index >= 15 is 0 Å². The Labute approximate surface area is 107 Å². The maximum absolute atomic E-state index is 9.07. The van der Waals surface area contributed by atoms with E-state index in [2.05, 4.69) is 16.4 Å². The first kappa shape index (κ1) is 12.1. The van der Waals surface area contributed by atoms with E-state index < -0.39 is 0 Å². The Kier molecular flexibility index (Phi) is 3.59. The van der Waals surface area contributed by atoms with Crippen LogP contribution < -0.4 is 5.32 Å². The van der Waals surface area contributed by atoms with Gasteiger partial charge in [-0.25, -0.2) is 0 Å². The minimum Gasteiger partial charge on any atom is -0.380 e. The van der Waals surface area contributed by atoms with Gasteiger partial charge < -0.3 is 5.32 Å². The van der Waals surface area contributed by atoms with Crippen molar-refractivity contribution in [2.24, 2.45) is 0 Å². The van der Waals surface area contributed by atoms with E-state index in [0.29, 0.717) is 12.1 Å². The van der Waals surface area contributed by atoms with Crippen molar-refractivity contribution in [1.82, 2.24) is 4.98 Å². The minimum absolute atomic E-state index is 0.672. The highest BCUT2D eigenvalue weighted by Gasteiger charge is 2.02. The zero-order valence-corrected chi connectivity index (χ0v) is 10.6. The number of nitriles is 1. The lowest BCUT2D eigenvalue weighted by atomic mass is 10.1. The summed E-state index contributed by atoms with van der Waals surface area (Å²) in [5, 5.41) is 12.3. The molecule has 1 N–H and O–H groups in total. The van der Waals surface area contributed by atoms with Crippen LogP contribution in [0.4, 0.5) is 5.69 Å². The second-order valence-corrected chi connectivity index (χ2v) is 4.32. The van der Waals surface area contributed by atoms with Gasteiger partial charge in [0, 0.05) is 18.4 Å². The van der Waals surface area contributed by atoms with E-state index in [9.17, 15) is 0 Å². The average molecular weight is 237 g/mol. The van der Waals surface area contributed by atoms with Crippen molar-refractivity contribution in [3.8, 4) is 6.07 Å². The Hall–Kier alpha value is -2.34. The van der Waals surface area contributed by atoms with Crippen molar-refractivity contribution in [1.29, 1.82) is 5.26 Å². The highest BCUT2D eigenvalue weighted by Crippen LogP contribution is 2.17. The first-order chi connectivity index (χ1) is 8.69. The number of rotatable bonds is 3. The minimum atomic E-state index is 0.672. The van der Waals surface area contributed by atoms with Crippen molar-refractivity contribution >= 4 is 5.69 Å². The summed E-state index contributed by atoms with van der Waals surface area (Å²) in [6.07, 6.45) is 1.85. The SMILES string of the molecule is Cc1ccc(NCc2ccc(C)nc2)c(C#N)c1. The molecule has 0 saturated heterocycles. The Morgan fingerprint density at radius 1 is 1.22 bits per heavy atom. The summed E-state index contributed by atoms with van der Waals surface area (Å²) < 4.78 is 0. The third kappa shape index (κ3) is 2.86. The van der Waals surface area contributed by atoms with Crippen molar-refractivity contribution in [2.45, 2.75) is 20.4 Å². The number of aryl methyl sites for hydroxylation is 2. The smallest absolute Gasteiger partial charge is 0.101 e. The average Bonchev–Trinajstić information content (AvgIpc) is 2.39. The zero-order valence-electron chi connectivity index (χ0n) is 10.6. The molecule has 1 aromatic heterocycles. The van der Waals surface area contributed by atoms with E-state index in [1.54, 1.807) is 0 Å². The van der Waals surface area contributed by atoms with Gasteiger partial charge in [0.1, 0.15) is 6.07 Å². The van der Waals surface area contributed by atoms with Gasteiger partial charge in [0.2, 0.25) is 0 Å². The zero-order chi connectivity index (χ0) is 13.0. The lowest BCUT2D eigenvalue weighted by Crippen LogP contribution is -2.02. The predicted octanol–water partition coefficient (Wildman–Crippen LogP) is 3.18. The van der Waals surface area contributed by atoms with Gasteiger partial charge in [-0.05, 0) is 43.2 Å². The maximum atomic E-state index is 9.07. The van der Waals surface area contributed by atoms with Crippen LogP contribution in [0.1, 0.15) is 22.4 Å². The standard InChI is InChI=1S/C15H15N3/c1-11-3-6-15(14(7-11)8-16)18-10-13-5-4-12(2)17-9-13/h3-7,9,18H,10H2,1-2H3. The fourth-order valence-corrected chi connectivity index (χ4v) is 1.71. The van der Waals surface area contributed by atoms with Gasteiger partial charge in [-0.1, -0.05) is 12.1 Å². The lowest BCUT2D eigenvalue weighted by molar-refractivity contribution is 1.08. The van der Waals surface area contributed by atoms with Gasteiger partial charge in [-0.3, -0.25) is 4.98 Å². The van der Waals surface area contributed by atoms with Gasteiger partial charge >= 0.3 is 0 Å². The van der Waals surface area contributed by atoms with Crippen LogP contribution in [0.5, 0.6) is 0 Å². The molecule has 1 heterocycles. The van der Waals surface area contributed by atoms with Crippen LogP contribution in [0.25, 0.3) is 0 Å². The number of hydrogen-bond donors (Lipinski definition) is 1. The number of anilines is 1. The molecule has 0 aliphatic heterocycles. The fraction of sp³-hybridized carbons (Fsp3) is 0.200. The summed E-state index contributed by atoms with van der Waals surface area (Å²) in [4.78, 5) is 4.24. The summed E-state index contributed by atoms with van der Waals surface area (Å²) in [7, 11) is 0.